The predicted octanol–water partition coefficient (Wildman–Crippen LogP) is 2.89. The third kappa shape index (κ3) is 3.13. The minimum Gasteiger partial charge on any atom is -0.448 e. The van der Waals surface area contributed by atoms with E-state index >= 15 is 0 Å². The number of aryl methyl sites for hydroxylation is 1. The summed E-state index contributed by atoms with van der Waals surface area (Å²) >= 11 is 0. The monoisotopic (exact) mass is 312 g/mol. The zero-order chi connectivity index (χ0) is 16.4. The molecule has 7 nitrogen and oxygen atoms in total. The number of para-hydroxylation sites is 2. The second-order valence-electron chi connectivity index (χ2n) is 5.04. The number of ether oxygens (including phenoxy) is 1. The molecule has 0 aliphatic rings. The summed E-state index contributed by atoms with van der Waals surface area (Å²) in [4.78, 5) is 24.8. The zero-order valence-corrected chi connectivity index (χ0v) is 13.0. The Hall–Kier alpha value is -2.96. The Bertz CT molecular complexity index is 826. The molecule has 1 aromatic carbocycles. The summed E-state index contributed by atoms with van der Waals surface area (Å²) in [5.41, 5.74) is 2.23. The fourth-order valence-electron chi connectivity index (χ4n) is 2.12. The fourth-order valence-corrected chi connectivity index (χ4v) is 2.12. The second-order valence-corrected chi connectivity index (χ2v) is 5.04. The van der Waals surface area contributed by atoms with Crippen molar-refractivity contribution in [3.63, 3.8) is 0 Å². The van der Waals surface area contributed by atoms with Gasteiger partial charge in [0.2, 0.25) is 11.8 Å². The van der Waals surface area contributed by atoms with Gasteiger partial charge in [-0.15, -0.1) is 0 Å². The number of hydrogen-bond acceptors (Lipinski definition) is 7. The first-order valence-corrected chi connectivity index (χ1v) is 7.16. The molecular weight excluding hydrogens is 296 g/mol. The van der Waals surface area contributed by atoms with Crippen LogP contribution in [-0.4, -0.2) is 28.0 Å². The van der Waals surface area contributed by atoms with Crippen LogP contribution in [0.3, 0.4) is 0 Å². The molecule has 0 fully saturated rings. The van der Waals surface area contributed by atoms with Gasteiger partial charge >= 0.3 is 5.97 Å². The van der Waals surface area contributed by atoms with Gasteiger partial charge in [-0.25, -0.2) is 19.7 Å². The third-order valence-electron chi connectivity index (χ3n) is 3.23. The minimum absolute atomic E-state index is 0.185. The van der Waals surface area contributed by atoms with Crippen LogP contribution in [-0.2, 0) is 4.74 Å². The maximum absolute atomic E-state index is 12.3. The van der Waals surface area contributed by atoms with Crippen LogP contribution in [0.1, 0.15) is 35.1 Å². The predicted molar refractivity (Wildman–Crippen MR) is 84.2 cm³/mol. The van der Waals surface area contributed by atoms with Crippen molar-refractivity contribution >= 4 is 23.0 Å². The first kappa shape index (κ1) is 15.0. The SMILES string of the molecule is CNc1nc(C)cc(C(=O)OC(C)c2nc3ccccc3o2)n1. The van der Waals surface area contributed by atoms with Crippen molar-refractivity contribution in [1.82, 2.24) is 15.0 Å². The molecule has 3 rings (SSSR count). The maximum Gasteiger partial charge on any atom is 0.357 e. The number of nitrogens with zero attached hydrogens (tertiary/aromatic N) is 3. The molecule has 23 heavy (non-hydrogen) atoms. The standard InChI is InChI=1S/C16H16N4O3/c1-9-8-12(20-16(17-3)18-9)15(21)22-10(2)14-19-11-6-4-5-7-13(11)23-14/h4-8,10H,1-3H3,(H,17,18,20). The van der Waals surface area contributed by atoms with Crippen LogP contribution in [0.25, 0.3) is 11.1 Å². The van der Waals surface area contributed by atoms with Crippen molar-refractivity contribution in [2.45, 2.75) is 20.0 Å². The molecule has 0 amide bonds. The maximum atomic E-state index is 12.3. The molecule has 1 unspecified atom stereocenters. The van der Waals surface area contributed by atoms with E-state index in [1.807, 2.05) is 24.3 Å². The van der Waals surface area contributed by atoms with Gasteiger partial charge in [0.25, 0.3) is 0 Å². The molecule has 0 spiro atoms. The van der Waals surface area contributed by atoms with Crippen molar-refractivity contribution in [2.75, 3.05) is 12.4 Å². The van der Waals surface area contributed by atoms with Gasteiger partial charge in [-0.1, -0.05) is 12.1 Å². The van der Waals surface area contributed by atoms with Gasteiger partial charge in [0, 0.05) is 12.7 Å². The van der Waals surface area contributed by atoms with Crippen molar-refractivity contribution in [3.8, 4) is 0 Å². The Balaban J connectivity index is 1.80. The summed E-state index contributed by atoms with van der Waals surface area (Å²) in [6.45, 7) is 3.49. The van der Waals surface area contributed by atoms with E-state index in [9.17, 15) is 4.79 Å². The van der Waals surface area contributed by atoms with Gasteiger partial charge < -0.3 is 14.5 Å². The van der Waals surface area contributed by atoms with Gasteiger partial charge in [-0.3, -0.25) is 0 Å². The molecule has 7 heteroatoms. The third-order valence-corrected chi connectivity index (χ3v) is 3.23. The number of esters is 1. The van der Waals surface area contributed by atoms with Crippen molar-refractivity contribution < 1.29 is 13.9 Å². The Morgan fingerprint density at radius 3 is 2.78 bits per heavy atom. The lowest BCUT2D eigenvalue weighted by molar-refractivity contribution is 0.0275. The summed E-state index contributed by atoms with van der Waals surface area (Å²) in [6.07, 6.45) is -0.622. The number of anilines is 1. The first-order chi connectivity index (χ1) is 11.1. The van der Waals surface area contributed by atoms with Crippen LogP contribution >= 0.6 is 0 Å². The lowest BCUT2D eigenvalue weighted by Gasteiger charge is -2.10. The van der Waals surface area contributed by atoms with E-state index in [0.29, 0.717) is 23.1 Å². The average molecular weight is 312 g/mol. The van der Waals surface area contributed by atoms with Crippen LogP contribution in [0, 0.1) is 6.92 Å². The molecule has 3 aromatic rings. The van der Waals surface area contributed by atoms with Crippen LogP contribution in [0.4, 0.5) is 5.95 Å². The molecule has 2 heterocycles. The number of aromatic nitrogens is 3. The first-order valence-electron chi connectivity index (χ1n) is 7.16. The lowest BCUT2D eigenvalue weighted by atomic mass is 10.3. The van der Waals surface area contributed by atoms with Crippen molar-refractivity contribution in [3.05, 3.63) is 47.6 Å². The number of rotatable bonds is 4. The molecule has 0 aliphatic carbocycles. The minimum atomic E-state index is -0.622. The largest absolute Gasteiger partial charge is 0.448 e. The normalized spacial score (nSPS) is 12.1. The van der Waals surface area contributed by atoms with Gasteiger partial charge in [0.1, 0.15) is 5.52 Å². The molecule has 2 aromatic heterocycles. The van der Waals surface area contributed by atoms with E-state index < -0.39 is 12.1 Å². The molecule has 1 atom stereocenters. The highest BCUT2D eigenvalue weighted by atomic mass is 16.6. The van der Waals surface area contributed by atoms with Crippen LogP contribution in [0.2, 0.25) is 0 Å². The highest BCUT2D eigenvalue weighted by Gasteiger charge is 2.20. The molecule has 118 valence electrons. The van der Waals surface area contributed by atoms with E-state index in [2.05, 4.69) is 20.3 Å². The zero-order valence-electron chi connectivity index (χ0n) is 13.0. The van der Waals surface area contributed by atoms with E-state index in [1.54, 1.807) is 27.0 Å². The van der Waals surface area contributed by atoms with Crippen LogP contribution in [0.5, 0.6) is 0 Å². The number of carbonyl (C=O) groups excluding carboxylic acids is 1. The number of carbonyl (C=O) groups is 1. The molecule has 0 saturated heterocycles. The summed E-state index contributed by atoms with van der Waals surface area (Å²) in [7, 11) is 1.69. The number of fused-ring (bicyclic) bond motifs is 1. The Kier molecular flexibility index (Phi) is 3.92. The molecular formula is C16H16N4O3. The molecule has 0 saturated carbocycles. The molecule has 0 radical (unpaired) electrons. The second kappa shape index (κ2) is 6.04. The Morgan fingerprint density at radius 1 is 1.26 bits per heavy atom. The highest BCUT2D eigenvalue weighted by Crippen LogP contribution is 2.23. The summed E-state index contributed by atoms with van der Waals surface area (Å²) < 4.78 is 11.0. The Morgan fingerprint density at radius 2 is 2.04 bits per heavy atom. The quantitative estimate of drug-likeness (QED) is 0.741. The van der Waals surface area contributed by atoms with Gasteiger partial charge in [-0.2, -0.15) is 0 Å². The number of benzene rings is 1. The topological polar surface area (TPSA) is 90.1 Å². The molecule has 0 bridgehead atoms. The molecule has 0 aliphatic heterocycles. The number of hydrogen-bond donors (Lipinski definition) is 1. The van der Waals surface area contributed by atoms with Crippen LogP contribution in [0.15, 0.2) is 34.7 Å². The summed E-state index contributed by atoms with van der Waals surface area (Å²) in [5.74, 6) is 0.160. The summed E-state index contributed by atoms with van der Waals surface area (Å²) in [5, 5.41) is 2.80. The fraction of sp³-hybridized carbons (Fsp3) is 0.250. The van der Waals surface area contributed by atoms with Gasteiger partial charge in [0.05, 0.1) is 0 Å². The van der Waals surface area contributed by atoms with E-state index in [-0.39, 0.29) is 5.69 Å². The van der Waals surface area contributed by atoms with Gasteiger partial charge in [-0.05, 0) is 32.0 Å². The van der Waals surface area contributed by atoms with Crippen molar-refractivity contribution in [1.29, 1.82) is 0 Å². The van der Waals surface area contributed by atoms with Crippen molar-refractivity contribution in [2.24, 2.45) is 0 Å². The summed E-state index contributed by atoms with van der Waals surface area (Å²) in [6, 6.07) is 8.95. The number of oxazole rings is 1. The van der Waals surface area contributed by atoms with E-state index in [1.165, 1.54) is 0 Å². The van der Waals surface area contributed by atoms with Gasteiger partial charge in [0.15, 0.2) is 17.4 Å². The highest BCUT2D eigenvalue weighted by molar-refractivity contribution is 5.87. The average Bonchev–Trinajstić information content (AvgIpc) is 2.98. The smallest absolute Gasteiger partial charge is 0.357 e. The van der Waals surface area contributed by atoms with E-state index in [0.717, 1.165) is 5.52 Å². The van der Waals surface area contributed by atoms with Crippen LogP contribution < -0.4 is 5.32 Å². The number of nitrogens with one attached hydrogen (secondary N) is 1. The lowest BCUT2D eigenvalue weighted by Crippen LogP contribution is -2.13. The Labute approximate surface area is 132 Å². The van der Waals surface area contributed by atoms with E-state index in [4.69, 9.17) is 9.15 Å². The molecule has 1 N–H and O–H groups in total.